The molecule has 0 unspecified atom stereocenters. The van der Waals surface area contributed by atoms with Crippen LogP contribution in [0.25, 0.3) is 0 Å². The van der Waals surface area contributed by atoms with Crippen molar-refractivity contribution < 1.29 is 9.32 Å². The number of carbonyl (C=O) groups is 1. The summed E-state index contributed by atoms with van der Waals surface area (Å²) < 4.78 is 4.95. The molecular weight excluding hydrogens is 324 g/mol. The predicted molar refractivity (Wildman–Crippen MR) is 94.2 cm³/mol. The highest BCUT2D eigenvalue weighted by atomic mass is 35.5. The average Bonchev–Trinajstić information content (AvgIpc) is 2.81. The summed E-state index contributed by atoms with van der Waals surface area (Å²) in [4.78, 5) is 14.5. The number of halogens is 1. The Kier molecular flexibility index (Phi) is 5.56. The third-order valence-electron chi connectivity index (χ3n) is 4.88. The topological polar surface area (TPSA) is 46.3 Å². The van der Waals surface area contributed by atoms with Crippen molar-refractivity contribution >= 4 is 17.5 Å². The summed E-state index contributed by atoms with van der Waals surface area (Å²) in [6.45, 7) is 3.53. The van der Waals surface area contributed by atoms with Gasteiger partial charge in [-0.2, -0.15) is 0 Å². The molecule has 1 amide bonds. The molecule has 0 N–H and O–H groups in total. The van der Waals surface area contributed by atoms with Gasteiger partial charge in [0.2, 0.25) is 11.1 Å². The molecule has 2 aromatic rings. The summed E-state index contributed by atoms with van der Waals surface area (Å²) in [5.74, 6) is 0.749. The van der Waals surface area contributed by atoms with Gasteiger partial charge in [0.1, 0.15) is 0 Å². The van der Waals surface area contributed by atoms with Crippen LogP contribution in [-0.2, 0) is 11.2 Å². The molecule has 2 heterocycles. The van der Waals surface area contributed by atoms with Crippen molar-refractivity contribution in [2.45, 2.75) is 44.9 Å². The second-order valence-corrected chi connectivity index (χ2v) is 6.78. The molecule has 128 valence electrons. The maximum Gasteiger partial charge on any atom is 0.229 e. The first kappa shape index (κ1) is 17.0. The fraction of sp³-hybridized carbons (Fsp3) is 0.474. The normalized spacial score (nSPS) is 18.4. The smallest absolute Gasteiger partial charge is 0.229 e. The largest absolute Gasteiger partial charge is 0.344 e. The van der Waals surface area contributed by atoms with Crippen LogP contribution in [0.15, 0.2) is 34.9 Å². The Balaban J connectivity index is 1.55. The second kappa shape index (κ2) is 7.84. The van der Waals surface area contributed by atoms with Crippen LogP contribution in [0.3, 0.4) is 0 Å². The number of likely N-dealkylation sites (tertiary alicyclic amines) is 1. The van der Waals surface area contributed by atoms with E-state index in [0.29, 0.717) is 24.0 Å². The van der Waals surface area contributed by atoms with Gasteiger partial charge in [-0.25, -0.2) is 0 Å². The summed E-state index contributed by atoms with van der Waals surface area (Å²) >= 11 is 5.97. The van der Waals surface area contributed by atoms with E-state index in [1.54, 1.807) is 0 Å². The van der Waals surface area contributed by atoms with Gasteiger partial charge in [-0.15, -0.1) is 0 Å². The molecule has 0 bridgehead atoms. The third kappa shape index (κ3) is 3.99. The highest BCUT2D eigenvalue weighted by Crippen LogP contribution is 2.28. The van der Waals surface area contributed by atoms with Crippen LogP contribution in [0.4, 0.5) is 0 Å². The molecule has 1 aliphatic rings. The van der Waals surface area contributed by atoms with Gasteiger partial charge in [-0.3, -0.25) is 4.79 Å². The van der Waals surface area contributed by atoms with E-state index in [2.05, 4.69) is 29.4 Å². The first-order valence-corrected chi connectivity index (χ1v) is 8.96. The number of hydrogen-bond acceptors (Lipinski definition) is 3. The van der Waals surface area contributed by atoms with E-state index in [0.717, 1.165) is 43.6 Å². The van der Waals surface area contributed by atoms with Crippen molar-refractivity contribution in [2.75, 3.05) is 13.1 Å². The Labute approximate surface area is 147 Å². The minimum Gasteiger partial charge on any atom is -0.344 e. The summed E-state index contributed by atoms with van der Waals surface area (Å²) in [6.07, 6.45) is 4.27. The van der Waals surface area contributed by atoms with Crippen LogP contribution in [-0.4, -0.2) is 29.1 Å². The van der Waals surface area contributed by atoms with Crippen LogP contribution >= 0.6 is 11.6 Å². The molecule has 5 heteroatoms. The van der Waals surface area contributed by atoms with E-state index in [9.17, 15) is 4.79 Å². The molecule has 1 aromatic carbocycles. The summed E-state index contributed by atoms with van der Waals surface area (Å²) in [5, 5.41) is 4.14. The molecule has 1 aromatic heterocycles. The number of carbonyl (C=O) groups excluding carboxylic acids is 1. The van der Waals surface area contributed by atoms with E-state index in [4.69, 9.17) is 16.1 Å². The standard InChI is InChI=1S/C19H23ClN2O2/c1-14-17(19(20)24-21-14)9-10-18(23)22-12-5-8-16(11-13-22)15-6-3-2-4-7-15/h2-4,6-7,16H,5,8-13H2,1H3/t16-/m0/s1. The second-order valence-electron chi connectivity index (χ2n) is 6.44. The Morgan fingerprint density at radius 1 is 1.29 bits per heavy atom. The lowest BCUT2D eigenvalue weighted by atomic mass is 9.92. The number of aromatic nitrogens is 1. The van der Waals surface area contributed by atoms with E-state index < -0.39 is 0 Å². The van der Waals surface area contributed by atoms with Gasteiger partial charge < -0.3 is 9.42 Å². The highest BCUT2D eigenvalue weighted by Gasteiger charge is 2.22. The lowest BCUT2D eigenvalue weighted by molar-refractivity contribution is -0.131. The predicted octanol–water partition coefficient (Wildman–Crippen LogP) is 4.37. The summed E-state index contributed by atoms with van der Waals surface area (Å²) in [5.41, 5.74) is 3.01. The van der Waals surface area contributed by atoms with Crippen molar-refractivity contribution in [3.8, 4) is 0 Å². The van der Waals surface area contributed by atoms with Gasteiger partial charge in [-0.1, -0.05) is 35.5 Å². The molecule has 1 fully saturated rings. The molecule has 1 aliphatic heterocycles. The maximum absolute atomic E-state index is 12.5. The number of rotatable bonds is 4. The third-order valence-corrected chi connectivity index (χ3v) is 5.17. The van der Waals surface area contributed by atoms with Gasteiger partial charge >= 0.3 is 0 Å². The van der Waals surface area contributed by atoms with Crippen molar-refractivity contribution in [3.05, 3.63) is 52.4 Å². The molecule has 3 rings (SSSR count). The Bertz CT molecular complexity index is 664. The van der Waals surface area contributed by atoms with Gasteiger partial charge in [0.25, 0.3) is 0 Å². The lowest BCUT2D eigenvalue weighted by Crippen LogP contribution is -2.32. The fourth-order valence-electron chi connectivity index (χ4n) is 3.43. The molecule has 0 aliphatic carbocycles. The Morgan fingerprint density at radius 2 is 2.08 bits per heavy atom. The SMILES string of the molecule is Cc1noc(Cl)c1CCC(=O)N1CCC[C@H](c2ccccc2)CC1. The van der Waals surface area contributed by atoms with E-state index in [1.807, 2.05) is 17.9 Å². The molecule has 0 spiro atoms. The van der Waals surface area contributed by atoms with Gasteiger partial charge in [0, 0.05) is 25.1 Å². The van der Waals surface area contributed by atoms with E-state index >= 15 is 0 Å². The summed E-state index contributed by atoms with van der Waals surface area (Å²) in [7, 11) is 0. The van der Waals surface area contributed by atoms with Crippen LogP contribution < -0.4 is 0 Å². The zero-order valence-electron chi connectivity index (χ0n) is 14.0. The van der Waals surface area contributed by atoms with Crippen molar-refractivity contribution in [1.82, 2.24) is 10.1 Å². The molecule has 4 nitrogen and oxygen atoms in total. The van der Waals surface area contributed by atoms with Crippen molar-refractivity contribution in [3.63, 3.8) is 0 Å². The van der Waals surface area contributed by atoms with Crippen molar-refractivity contribution in [1.29, 1.82) is 0 Å². The van der Waals surface area contributed by atoms with Crippen LogP contribution in [0.2, 0.25) is 5.22 Å². The summed E-state index contributed by atoms with van der Waals surface area (Å²) in [6, 6.07) is 10.6. The minimum absolute atomic E-state index is 0.195. The fourth-order valence-corrected chi connectivity index (χ4v) is 3.70. The van der Waals surface area contributed by atoms with Crippen LogP contribution in [0, 0.1) is 6.92 Å². The van der Waals surface area contributed by atoms with E-state index in [1.165, 1.54) is 5.56 Å². The number of benzene rings is 1. The first-order chi connectivity index (χ1) is 11.6. The van der Waals surface area contributed by atoms with Crippen LogP contribution in [0.1, 0.15) is 48.4 Å². The molecule has 24 heavy (non-hydrogen) atoms. The molecule has 1 atom stereocenters. The lowest BCUT2D eigenvalue weighted by Gasteiger charge is -2.20. The van der Waals surface area contributed by atoms with Gasteiger partial charge in [0.15, 0.2) is 0 Å². The zero-order chi connectivity index (χ0) is 16.9. The van der Waals surface area contributed by atoms with Gasteiger partial charge in [-0.05, 0) is 55.7 Å². The Hall–Kier alpha value is -1.81. The molecule has 1 saturated heterocycles. The number of nitrogens with zero attached hydrogens (tertiary/aromatic N) is 2. The number of aryl methyl sites for hydroxylation is 1. The molecular formula is C19H23ClN2O2. The van der Waals surface area contributed by atoms with E-state index in [-0.39, 0.29) is 5.91 Å². The van der Waals surface area contributed by atoms with Crippen molar-refractivity contribution in [2.24, 2.45) is 0 Å². The quantitative estimate of drug-likeness (QED) is 0.826. The zero-order valence-corrected chi connectivity index (χ0v) is 14.8. The maximum atomic E-state index is 12.5. The van der Waals surface area contributed by atoms with Crippen LogP contribution in [0.5, 0.6) is 0 Å². The molecule has 0 radical (unpaired) electrons. The average molecular weight is 347 g/mol. The first-order valence-electron chi connectivity index (χ1n) is 8.58. The number of amides is 1. The monoisotopic (exact) mass is 346 g/mol. The highest BCUT2D eigenvalue weighted by molar-refractivity contribution is 6.29. The van der Waals surface area contributed by atoms with Gasteiger partial charge in [0.05, 0.1) is 5.69 Å². The Morgan fingerprint density at radius 3 is 2.79 bits per heavy atom. The number of hydrogen-bond donors (Lipinski definition) is 0. The molecule has 0 saturated carbocycles. The minimum atomic E-state index is 0.195.